The van der Waals surface area contributed by atoms with Crippen LogP contribution in [-0.4, -0.2) is 43.7 Å². The Morgan fingerprint density at radius 1 is 1.33 bits per heavy atom. The third kappa shape index (κ3) is 7.26. The van der Waals surface area contributed by atoms with E-state index in [2.05, 4.69) is 27.4 Å². The first-order valence-corrected chi connectivity index (χ1v) is 8.17. The van der Waals surface area contributed by atoms with Gasteiger partial charge in [-0.05, 0) is 30.7 Å². The Balaban J connectivity index is 0.00000220. The van der Waals surface area contributed by atoms with Gasteiger partial charge in [-0.3, -0.25) is 4.99 Å². The molecule has 2 rings (SSSR count). The van der Waals surface area contributed by atoms with E-state index in [4.69, 9.17) is 4.74 Å². The number of nitrogens with zero attached hydrogens (tertiary/aromatic N) is 1. The van der Waals surface area contributed by atoms with Gasteiger partial charge in [0.25, 0.3) is 0 Å². The average Bonchev–Trinajstić information content (AvgIpc) is 3.01. The molecule has 1 unspecified atom stereocenters. The van der Waals surface area contributed by atoms with Crippen molar-refractivity contribution in [1.82, 2.24) is 10.6 Å². The van der Waals surface area contributed by atoms with Gasteiger partial charge in [0.05, 0.1) is 6.54 Å². The topological polar surface area (TPSA) is 45.7 Å². The van der Waals surface area contributed by atoms with Gasteiger partial charge in [0, 0.05) is 18.8 Å². The molecule has 0 bridgehead atoms. The van der Waals surface area contributed by atoms with Crippen LogP contribution in [0.25, 0.3) is 0 Å². The summed E-state index contributed by atoms with van der Waals surface area (Å²) in [6.45, 7) is 2.36. The van der Waals surface area contributed by atoms with Crippen LogP contribution in [0.5, 0.6) is 5.75 Å². The molecule has 118 valence electrons. The summed E-state index contributed by atoms with van der Waals surface area (Å²) >= 11 is 2.05. The molecule has 1 aromatic rings. The molecular weight excluding hydrogens is 397 g/mol. The second-order valence-corrected chi connectivity index (χ2v) is 6.08. The Hall–Kier alpha value is -0.630. The molecule has 1 atom stereocenters. The lowest BCUT2D eigenvalue weighted by molar-refractivity contribution is 0.322. The van der Waals surface area contributed by atoms with Crippen molar-refractivity contribution in [2.24, 2.45) is 4.99 Å². The van der Waals surface area contributed by atoms with E-state index < -0.39 is 0 Å². The fraction of sp³-hybridized carbons (Fsp3) is 0.533. The lowest BCUT2D eigenvalue weighted by Gasteiger charge is -2.15. The Labute approximate surface area is 148 Å². The number of halogens is 1. The molecule has 0 amide bonds. The van der Waals surface area contributed by atoms with Gasteiger partial charge < -0.3 is 15.4 Å². The van der Waals surface area contributed by atoms with Crippen molar-refractivity contribution in [2.45, 2.75) is 18.1 Å². The molecule has 1 saturated heterocycles. The number of aliphatic imine (C=N–C) groups is 1. The molecule has 0 aromatic heterocycles. The summed E-state index contributed by atoms with van der Waals surface area (Å²) in [5.41, 5.74) is 0. The quantitative estimate of drug-likeness (QED) is 0.321. The van der Waals surface area contributed by atoms with Gasteiger partial charge in [0.15, 0.2) is 5.96 Å². The minimum Gasteiger partial charge on any atom is -0.492 e. The number of nitrogens with one attached hydrogen (secondary N) is 2. The number of ether oxygens (including phenoxy) is 1. The van der Waals surface area contributed by atoms with Crippen LogP contribution in [-0.2, 0) is 0 Å². The highest BCUT2D eigenvalue weighted by Crippen LogP contribution is 2.25. The van der Waals surface area contributed by atoms with Crippen LogP contribution in [0.15, 0.2) is 35.3 Å². The molecule has 1 fully saturated rings. The van der Waals surface area contributed by atoms with Gasteiger partial charge in [-0.25, -0.2) is 0 Å². The molecule has 6 heteroatoms. The Morgan fingerprint density at radius 3 is 2.81 bits per heavy atom. The monoisotopic (exact) mass is 421 g/mol. The average molecular weight is 421 g/mol. The zero-order valence-corrected chi connectivity index (χ0v) is 15.5. The maximum atomic E-state index is 5.63. The Morgan fingerprint density at radius 2 is 2.14 bits per heavy atom. The predicted octanol–water partition coefficient (Wildman–Crippen LogP) is 2.74. The van der Waals surface area contributed by atoms with Gasteiger partial charge in [0.1, 0.15) is 12.4 Å². The van der Waals surface area contributed by atoms with Crippen molar-refractivity contribution < 1.29 is 4.74 Å². The van der Waals surface area contributed by atoms with Crippen LogP contribution in [0.3, 0.4) is 0 Å². The number of thioether (sulfide) groups is 1. The lowest BCUT2D eigenvalue weighted by atomic mass is 10.2. The summed E-state index contributed by atoms with van der Waals surface area (Å²) in [5.74, 6) is 3.05. The molecule has 1 heterocycles. The van der Waals surface area contributed by atoms with Crippen molar-refractivity contribution >= 4 is 41.7 Å². The fourth-order valence-corrected chi connectivity index (χ4v) is 3.29. The molecule has 0 spiro atoms. The number of hydrogen-bond acceptors (Lipinski definition) is 3. The molecule has 1 aliphatic rings. The zero-order valence-electron chi connectivity index (χ0n) is 12.4. The first kappa shape index (κ1) is 18.4. The number of para-hydroxylation sites is 1. The maximum Gasteiger partial charge on any atom is 0.191 e. The van der Waals surface area contributed by atoms with Crippen molar-refractivity contribution in [3.8, 4) is 5.75 Å². The molecule has 21 heavy (non-hydrogen) atoms. The van der Waals surface area contributed by atoms with E-state index in [0.29, 0.717) is 6.61 Å². The van der Waals surface area contributed by atoms with Crippen molar-refractivity contribution in [3.05, 3.63) is 30.3 Å². The van der Waals surface area contributed by atoms with Crippen molar-refractivity contribution in [2.75, 3.05) is 32.5 Å². The third-order valence-electron chi connectivity index (χ3n) is 3.15. The largest absolute Gasteiger partial charge is 0.492 e. The minimum atomic E-state index is 0. The molecule has 4 nitrogen and oxygen atoms in total. The second kappa shape index (κ2) is 11.0. The van der Waals surface area contributed by atoms with Crippen LogP contribution in [0, 0.1) is 0 Å². The summed E-state index contributed by atoms with van der Waals surface area (Å²) < 4.78 is 5.63. The fourth-order valence-electron chi connectivity index (χ4n) is 2.09. The first-order chi connectivity index (χ1) is 9.88. The number of guanidine groups is 1. The first-order valence-electron chi connectivity index (χ1n) is 7.12. The molecular formula is C15H24IN3OS. The van der Waals surface area contributed by atoms with Crippen LogP contribution in [0.4, 0.5) is 0 Å². The SMILES string of the molecule is CN=C(NCCOc1ccccc1)NCC1CCCS1.I. The van der Waals surface area contributed by atoms with Crippen LogP contribution < -0.4 is 15.4 Å². The summed E-state index contributed by atoms with van der Waals surface area (Å²) in [7, 11) is 1.80. The molecule has 2 N–H and O–H groups in total. The maximum absolute atomic E-state index is 5.63. The van der Waals surface area contributed by atoms with E-state index in [9.17, 15) is 0 Å². The van der Waals surface area contributed by atoms with Crippen LogP contribution in [0.1, 0.15) is 12.8 Å². The predicted molar refractivity (Wildman–Crippen MR) is 102 cm³/mol. The van der Waals surface area contributed by atoms with E-state index >= 15 is 0 Å². The molecule has 1 aliphatic heterocycles. The van der Waals surface area contributed by atoms with E-state index in [-0.39, 0.29) is 24.0 Å². The second-order valence-electron chi connectivity index (χ2n) is 4.68. The smallest absolute Gasteiger partial charge is 0.191 e. The van der Waals surface area contributed by atoms with Crippen molar-refractivity contribution in [1.29, 1.82) is 0 Å². The normalized spacial score (nSPS) is 18.0. The third-order valence-corrected chi connectivity index (χ3v) is 4.55. The van der Waals surface area contributed by atoms with Crippen LogP contribution in [0.2, 0.25) is 0 Å². The summed E-state index contributed by atoms with van der Waals surface area (Å²) in [5, 5.41) is 7.37. The Kier molecular flexibility index (Phi) is 9.65. The summed E-state index contributed by atoms with van der Waals surface area (Å²) in [4.78, 5) is 4.22. The van der Waals surface area contributed by atoms with Gasteiger partial charge in [-0.15, -0.1) is 24.0 Å². The van der Waals surface area contributed by atoms with E-state index in [1.165, 1.54) is 18.6 Å². The van der Waals surface area contributed by atoms with Gasteiger partial charge in [-0.1, -0.05) is 18.2 Å². The van der Waals surface area contributed by atoms with E-state index in [0.717, 1.165) is 30.0 Å². The highest BCUT2D eigenvalue weighted by Gasteiger charge is 2.15. The molecule has 0 aliphatic carbocycles. The number of hydrogen-bond donors (Lipinski definition) is 2. The van der Waals surface area contributed by atoms with Gasteiger partial charge in [-0.2, -0.15) is 11.8 Å². The van der Waals surface area contributed by atoms with Crippen molar-refractivity contribution in [3.63, 3.8) is 0 Å². The van der Waals surface area contributed by atoms with Crippen LogP contribution >= 0.6 is 35.7 Å². The summed E-state index contributed by atoms with van der Waals surface area (Å²) in [6.07, 6.45) is 2.65. The number of benzene rings is 1. The van der Waals surface area contributed by atoms with E-state index in [1.54, 1.807) is 7.05 Å². The highest BCUT2D eigenvalue weighted by molar-refractivity contribution is 14.0. The lowest BCUT2D eigenvalue weighted by Crippen LogP contribution is -2.41. The zero-order chi connectivity index (χ0) is 14.0. The minimum absolute atomic E-state index is 0. The van der Waals surface area contributed by atoms with Gasteiger partial charge >= 0.3 is 0 Å². The summed E-state index contributed by atoms with van der Waals surface area (Å²) in [6, 6.07) is 9.86. The molecule has 0 radical (unpaired) electrons. The molecule has 0 saturated carbocycles. The standard InChI is InChI=1S/C15H23N3OS.HI/c1-16-15(18-12-14-8-5-11-20-14)17-9-10-19-13-6-3-2-4-7-13;/h2-4,6-7,14H,5,8-12H2,1H3,(H2,16,17,18);1H. The van der Waals surface area contributed by atoms with E-state index in [1.807, 2.05) is 30.3 Å². The highest BCUT2D eigenvalue weighted by atomic mass is 127. The Bertz CT molecular complexity index is 411. The molecule has 1 aromatic carbocycles. The number of rotatable bonds is 6. The van der Waals surface area contributed by atoms with Gasteiger partial charge in [0.2, 0.25) is 0 Å².